The van der Waals surface area contributed by atoms with Crippen molar-refractivity contribution < 1.29 is 39.4 Å². The number of ether oxygens (including phenoxy) is 3. The van der Waals surface area contributed by atoms with E-state index in [0.717, 1.165) is 63.4 Å². The topological polar surface area (TPSA) is 126 Å². The maximum Gasteiger partial charge on any atom is 0.331 e. The van der Waals surface area contributed by atoms with Crippen LogP contribution in [0.2, 0.25) is 0 Å². The molecule has 1 saturated heterocycles. The highest BCUT2D eigenvalue weighted by Gasteiger charge is 2.67. The number of rotatable bonds is 3. The van der Waals surface area contributed by atoms with E-state index >= 15 is 0 Å². The lowest BCUT2D eigenvalue weighted by Crippen LogP contribution is -2.62. The van der Waals surface area contributed by atoms with E-state index < -0.39 is 36.3 Å². The van der Waals surface area contributed by atoms with Crippen molar-refractivity contribution in [1.82, 2.24) is 0 Å². The van der Waals surface area contributed by atoms with Crippen molar-refractivity contribution in [3.05, 3.63) is 11.6 Å². The molecule has 5 fully saturated rings. The minimum atomic E-state index is -1.28. The number of cyclic esters (lactones) is 1. The number of hydrogen-bond donors (Lipinski definition) is 4. The van der Waals surface area contributed by atoms with Crippen LogP contribution in [0, 0.1) is 34.5 Å². The van der Waals surface area contributed by atoms with Gasteiger partial charge in [0.25, 0.3) is 0 Å². The Kier molecular flexibility index (Phi) is 6.37. The molecule has 6 aliphatic rings. The van der Waals surface area contributed by atoms with Gasteiger partial charge in [0.1, 0.15) is 24.9 Å². The summed E-state index contributed by atoms with van der Waals surface area (Å²) in [6.07, 6.45) is 4.88. The van der Waals surface area contributed by atoms with E-state index in [2.05, 4.69) is 13.8 Å². The SMILES string of the molecule is C[C@@H]1O[C@H](O[C@H]2CC[C@@]3(C)[C@H](CC[C@@H]4[C@@H]3CC[C@]3(C)[C@@H](C5=CC(=O)OC5)CC[C@]43O)C2)[C@@H](O)[C@@H](O)[C@@H]1O. The van der Waals surface area contributed by atoms with E-state index in [0.29, 0.717) is 18.4 Å². The lowest BCUT2D eigenvalue weighted by atomic mass is 9.43. The number of esters is 1. The minimum Gasteiger partial charge on any atom is -0.458 e. The third-order valence-corrected chi connectivity index (χ3v) is 12.1. The molecule has 8 heteroatoms. The van der Waals surface area contributed by atoms with Crippen LogP contribution >= 0.6 is 0 Å². The molecule has 37 heavy (non-hydrogen) atoms. The molecular weight excluding hydrogens is 476 g/mol. The Morgan fingerprint density at radius 3 is 2.46 bits per heavy atom. The zero-order chi connectivity index (χ0) is 26.3. The Labute approximate surface area is 219 Å². The quantitative estimate of drug-likeness (QED) is 0.330. The predicted molar refractivity (Wildman–Crippen MR) is 133 cm³/mol. The predicted octanol–water partition coefficient (Wildman–Crippen LogP) is 2.46. The maximum atomic E-state index is 12.4. The fraction of sp³-hybridized carbons (Fsp3) is 0.897. The van der Waals surface area contributed by atoms with Gasteiger partial charge in [-0.15, -0.1) is 0 Å². The summed E-state index contributed by atoms with van der Waals surface area (Å²) in [6, 6.07) is 0. The monoisotopic (exact) mass is 520 g/mol. The van der Waals surface area contributed by atoms with Gasteiger partial charge in [0.2, 0.25) is 0 Å². The summed E-state index contributed by atoms with van der Waals surface area (Å²) in [5, 5.41) is 43.0. The molecule has 4 aliphatic carbocycles. The molecule has 4 N–H and O–H groups in total. The van der Waals surface area contributed by atoms with E-state index in [4.69, 9.17) is 14.2 Å². The highest BCUT2D eigenvalue weighted by Crippen LogP contribution is 2.70. The molecule has 0 unspecified atom stereocenters. The normalized spacial score (nSPS) is 55.6. The number of aliphatic hydroxyl groups is 4. The maximum absolute atomic E-state index is 12.4. The molecule has 4 saturated carbocycles. The Morgan fingerprint density at radius 1 is 0.946 bits per heavy atom. The van der Waals surface area contributed by atoms with Crippen LogP contribution in [0.1, 0.15) is 78.6 Å². The Hall–Kier alpha value is -1.03. The molecule has 0 spiro atoms. The van der Waals surface area contributed by atoms with Crippen LogP contribution < -0.4 is 0 Å². The molecule has 0 aromatic heterocycles. The first kappa shape index (κ1) is 26.2. The second-order valence-corrected chi connectivity index (χ2v) is 13.5. The van der Waals surface area contributed by atoms with Gasteiger partial charge in [0, 0.05) is 11.5 Å². The van der Waals surface area contributed by atoms with Crippen LogP contribution in [0.3, 0.4) is 0 Å². The van der Waals surface area contributed by atoms with E-state index in [1.165, 1.54) is 0 Å². The lowest BCUT2D eigenvalue weighted by Gasteiger charge is -2.64. The van der Waals surface area contributed by atoms with E-state index in [9.17, 15) is 25.2 Å². The van der Waals surface area contributed by atoms with Crippen LogP contribution in [-0.2, 0) is 19.0 Å². The summed E-state index contributed by atoms with van der Waals surface area (Å²) in [4.78, 5) is 11.8. The summed E-state index contributed by atoms with van der Waals surface area (Å²) >= 11 is 0. The van der Waals surface area contributed by atoms with Crippen LogP contribution in [-0.4, -0.2) is 75.4 Å². The van der Waals surface area contributed by atoms with Crippen molar-refractivity contribution >= 4 is 5.97 Å². The van der Waals surface area contributed by atoms with Gasteiger partial charge < -0.3 is 34.6 Å². The smallest absolute Gasteiger partial charge is 0.331 e. The molecule has 0 aromatic carbocycles. The molecule has 0 amide bonds. The van der Waals surface area contributed by atoms with E-state index in [1.807, 2.05) is 0 Å². The van der Waals surface area contributed by atoms with Crippen LogP contribution in [0.4, 0.5) is 0 Å². The van der Waals surface area contributed by atoms with Crippen molar-refractivity contribution in [2.75, 3.05) is 6.61 Å². The van der Waals surface area contributed by atoms with Crippen LogP contribution in [0.25, 0.3) is 0 Å². The lowest BCUT2D eigenvalue weighted by molar-refractivity contribution is -0.310. The molecule has 13 atom stereocenters. The molecule has 0 radical (unpaired) electrons. The van der Waals surface area contributed by atoms with E-state index in [-0.39, 0.29) is 34.7 Å². The van der Waals surface area contributed by atoms with Crippen molar-refractivity contribution in [3.63, 3.8) is 0 Å². The zero-order valence-corrected chi connectivity index (χ0v) is 22.3. The van der Waals surface area contributed by atoms with Crippen molar-refractivity contribution in [1.29, 1.82) is 0 Å². The van der Waals surface area contributed by atoms with Gasteiger partial charge in [-0.3, -0.25) is 0 Å². The van der Waals surface area contributed by atoms with Crippen LogP contribution in [0.5, 0.6) is 0 Å². The molecule has 208 valence electrons. The summed E-state index contributed by atoms with van der Waals surface area (Å²) < 4.78 is 17.2. The van der Waals surface area contributed by atoms with Gasteiger partial charge in [-0.2, -0.15) is 0 Å². The number of carbonyl (C=O) groups is 1. The van der Waals surface area contributed by atoms with Gasteiger partial charge in [0.15, 0.2) is 6.29 Å². The molecule has 0 aromatic rings. The average molecular weight is 521 g/mol. The van der Waals surface area contributed by atoms with Gasteiger partial charge >= 0.3 is 5.97 Å². The van der Waals surface area contributed by atoms with E-state index in [1.54, 1.807) is 13.0 Å². The number of fused-ring (bicyclic) bond motifs is 5. The summed E-state index contributed by atoms with van der Waals surface area (Å²) in [6.45, 7) is 6.73. The van der Waals surface area contributed by atoms with Gasteiger partial charge in [0.05, 0.1) is 17.8 Å². The summed E-state index contributed by atoms with van der Waals surface area (Å²) in [5.74, 6) is 1.14. The standard InChI is InChI=1S/C29H44O8/c1-15-23(31)24(32)25(33)26(36-15)37-18-6-9-27(2)17(13-18)4-5-21-20(27)7-10-28(3)19(8-11-29(21,28)34)16-12-22(30)35-14-16/h12,15,17-21,23-26,31-34H,4-11,13-14H2,1-3H3/t15-,17+,18-,19+,20-,21+,23+,24-,25-,26+,27-,28+,29-/m0/s1. The van der Waals surface area contributed by atoms with Crippen molar-refractivity contribution in [2.24, 2.45) is 34.5 Å². The third-order valence-electron chi connectivity index (χ3n) is 12.1. The highest BCUT2D eigenvalue weighted by atomic mass is 16.7. The average Bonchev–Trinajstić information content (AvgIpc) is 3.41. The molecule has 2 aliphatic heterocycles. The van der Waals surface area contributed by atoms with Gasteiger partial charge in [-0.25, -0.2) is 4.79 Å². The first-order chi connectivity index (χ1) is 17.5. The molecular formula is C29H44O8. The molecule has 6 rings (SSSR count). The van der Waals surface area contributed by atoms with Crippen molar-refractivity contribution in [3.8, 4) is 0 Å². The minimum absolute atomic E-state index is 0.0661. The largest absolute Gasteiger partial charge is 0.458 e. The Morgan fingerprint density at radius 2 is 1.73 bits per heavy atom. The van der Waals surface area contributed by atoms with Gasteiger partial charge in [-0.05, 0) is 99.4 Å². The molecule has 8 nitrogen and oxygen atoms in total. The molecule has 0 bridgehead atoms. The summed E-state index contributed by atoms with van der Waals surface area (Å²) in [5.41, 5.74) is 0.243. The Bertz CT molecular complexity index is 952. The first-order valence-corrected chi connectivity index (χ1v) is 14.4. The van der Waals surface area contributed by atoms with Gasteiger partial charge in [-0.1, -0.05) is 13.8 Å². The Balaban J connectivity index is 1.16. The fourth-order valence-corrected chi connectivity index (χ4v) is 9.81. The second-order valence-electron chi connectivity index (χ2n) is 13.5. The number of aliphatic hydroxyl groups excluding tert-OH is 3. The first-order valence-electron chi connectivity index (χ1n) is 14.4. The number of hydrogen-bond acceptors (Lipinski definition) is 8. The molecule has 2 heterocycles. The number of carbonyl (C=O) groups excluding carboxylic acids is 1. The van der Waals surface area contributed by atoms with Crippen molar-refractivity contribution in [2.45, 2.75) is 121 Å². The summed E-state index contributed by atoms with van der Waals surface area (Å²) in [7, 11) is 0. The third kappa shape index (κ3) is 3.80. The fourth-order valence-electron chi connectivity index (χ4n) is 9.81. The second kappa shape index (κ2) is 9.00. The zero-order valence-electron chi connectivity index (χ0n) is 22.3. The highest BCUT2D eigenvalue weighted by molar-refractivity contribution is 5.85. The van der Waals surface area contributed by atoms with Crippen LogP contribution in [0.15, 0.2) is 11.6 Å².